The summed E-state index contributed by atoms with van der Waals surface area (Å²) in [7, 11) is 2.05. The second-order valence-electron chi connectivity index (χ2n) is 6.09. The Bertz CT molecular complexity index is 584. The van der Waals surface area contributed by atoms with Gasteiger partial charge in [0.1, 0.15) is 11.3 Å². The zero-order valence-electron chi connectivity index (χ0n) is 12.2. The van der Waals surface area contributed by atoms with Crippen LogP contribution in [0.15, 0.2) is 33.2 Å². The van der Waals surface area contributed by atoms with Gasteiger partial charge in [0.05, 0.1) is 10.5 Å². The first-order chi connectivity index (χ1) is 9.69. The van der Waals surface area contributed by atoms with E-state index in [9.17, 15) is 0 Å². The fraction of sp³-hybridized carbons (Fsp3) is 0.529. The summed E-state index contributed by atoms with van der Waals surface area (Å²) in [5, 5.41) is 4.65. The highest BCUT2D eigenvalue weighted by molar-refractivity contribution is 9.10. The number of rotatable bonds is 3. The fourth-order valence-electron chi connectivity index (χ4n) is 3.43. The van der Waals surface area contributed by atoms with Gasteiger partial charge < -0.3 is 9.73 Å². The number of benzene rings is 1. The maximum Gasteiger partial charge on any atom is 0.148 e. The Hall–Kier alpha value is -0.800. The third-order valence-corrected chi connectivity index (χ3v) is 5.29. The van der Waals surface area contributed by atoms with Crippen LogP contribution in [0, 0.1) is 11.8 Å². The third-order valence-electron chi connectivity index (χ3n) is 4.66. The minimum atomic E-state index is 0.335. The predicted octanol–water partition coefficient (Wildman–Crippen LogP) is 5.28. The third kappa shape index (κ3) is 2.66. The van der Waals surface area contributed by atoms with Gasteiger partial charge in [-0.25, -0.2) is 0 Å². The molecule has 20 heavy (non-hydrogen) atoms. The van der Waals surface area contributed by atoms with Crippen molar-refractivity contribution < 1.29 is 4.42 Å². The molecule has 0 spiro atoms. The van der Waals surface area contributed by atoms with E-state index in [0.29, 0.717) is 12.0 Å². The molecule has 1 aliphatic rings. The first kappa shape index (κ1) is 14.2. The van der Waals surface area contributed by atoms with E-state index >= 15 is 0 Å². The lowest BCUT2D eigenvalue weighted by molar-refractivity contribution is 0.221. The number of furan rings is 1. The molecule has 1 aromatic carbocycles. The van der Waals surface area contributed by atoms with Gasteiger partial charge in [0.15, 0.2) is 0 Å². The normalized spacial score (nSPS) is 24.9. The number of nitrogens with one attached hydrogen (secondary N) is 1. The number of hydrogen-bond donors (Lipinski definition) is 1. The van der Waals surface area contributed by atoms with Gasteiger partial charge in [-0.15, -0.1) is 0 Å². The molecule has 1 fully saturated rings. The van der Waals surface area contributed by atoms with E-state index in [1.54, 1.807) is 0 Å². The lowest BCUT2D eigenvalue weighted by atomic mass is 9.78. The minimum Gasteiger partial charge on any atom is -0.458 e. The van der Waals surface area contributed by atoms with Crippen LogP contribution in [0.4, 0.5) is 0 Å². The van der Waals surface area contributed by atoms with Crippen LogP contribution in [0.3, 0.4) is 0 Å². The number of para-hydroxylation sites is 1. The van der Waals surface area contributed by atoms with Gasteiger partial charge >= 0.3 is 0 Å². The molecule has 1 atom stereocenters. The maximum absolute atomic E-state index is 6.12. The van der Waals surface area contributed by atoms with Gasteiger partial charge in [0.25, 0.3) is 0 Å². The molecule has 1 aliphatic carbocycles. The predicted molar refractivity (Wildman–Crippen MR) is 86.8 cm³/mol. The Morgan fingerprint density at radius 3 is 2.65 bits per heavy atom. The molecule has 0 aliphatic heterocycles. The molecule has 0 radical (unpaired) electrons. The van der Waals surface area contributed by atoms with Crippen LogP contribution < -0.4 is 5.32 Å². The standard InChI is InChI=1S/C17H22BrNO/c1-11-6-8-12(9-7-11)16(19-2)15-10-13-4-3-5-14(18)17(13)20-15/h3-5,10-12,16,19H,6-9H2,1-2H3. The van der Waals surface area contributed by atoms with Crippen molar-refractivity contribution in [3.63, 3.8) is 0 Å². The molecule has 108 valence electrons. The van der Waals surface area contributed by atoms with Gasteiger partial charge in [-0.1, -0.05) is 31.9 Å². The summed E-state index contributed by atoms with van der Waals surface area (Å²) in [5.41, 5.74) is 0.965. The molecule has 1 aromatic heterocycles. The van der Waals surface area contributed by atoms with Crippen LogP contribution in [-0.4, -0.2) is 7.05 Å². The number of hydrogen-bond acceptors (Lipinski definition) is 2. The lowest BCUT2D eigenvalue weighted by Gasteiger charge is -2.31. The molecule has 0 bridgehead atoms. The maximum atomic E-state index is 6.12. The Morgan fingerprint density at radius 2 is 2.00 bits per heavy atom. The summed E-state index contributed by atoms with van der Waals surface area (Å²) < 4.78 is 7.16. The highest BCUT2D eigenvalue weighted by Crippen LogP contribution is 2.39. The van der Waals surface area contributed by atoms with Crippen molar-refractivity contribution in [2.45, 2.75) is 38.6 Å². The summed E-state index contributed by atoms with van der Waals surface area (Å²) >= 11 is 3.57. The average Bonchev–Trinajstić information content (AvgIpc) is 2.87. The van der Waals surface area contributed by atoms with Crippen molar-refractivity contribution in [1.82, 2.24) is 5.32 Å². The van der Waals surface area contributed by atoms with Crippen LogP contribution in [0.1, 0.15) is 44.4 Å². The highest BCUT2D eigenvalue weighted by Gasteiger charge is 2.28. The van der Waals surface area contributed by atoms with Crippen molar-refractivity contribution in [2.75, 3.05) is 7.05 Å². The first-order valence-corrected chi connectivity index (χ1v) is 8.33. The first-order valence-electron chi connectivity index (χ1n) is 7.54. The van der Waals surface area contributed by atoms with E-state index in [1.807, 2.05) is 13.1 Å². The molecule has 3 rings (SSSR count). The lowest BCUT2D eigenvalue weighted by Crippen LogP contribution is -2.28. The van der Waals surface area contributed by atoms with Gasteiger partial charge in [0.2, 0.25) is 0 Å². The van der Waals surface area contributed by atoms with Crippen LogP contribution in [0.2, 0.25) is 0 Å². The van der Waals surface area contributed by atoms with E-state index in [2.05, 4.69) is 46.4 Å². The Labute approximate surface area is 129 Å². The second kappa shape index (κ2) is 5.90. The van der Waals surface area contributed by atoms with E-state index in [-0.39, 0.29) is 0 Å². The van der Waals surface area contributed by atoms with Gasteiger partial charge in [0, 0.05) is 5.39 Å². The molecule has 1 saturated carbocycles. The molecule has 1 N–H and O–H groups in total. The fourth-order valence-corrected chi connectivity index (χ4v) is 3.89. The quantitative estimate of drug-likeness (QED) is 0.825. The molecule has 3 heteroatoms. The van der Waals surface area contributed by atoms with Crippen LogP contribution in [0.25, 0.3) is 11.0 Å². The summed E-state index contributed by atoms with van der Waals surface area (Å²) in [6, 6.07) is 8.73. The topological polar surface area (TPSA) is 25.2 Å². The summed E-state index contributed by atoms with van der Waals surface area (Å²) in [5.74, 6) is 2.65. The average molecular weight is 336 g/mol. The summed E-state index contributed by atoms with van der Waals surface area (Å²) in [4.78, 5) is 0. The second-order valence-corrected chi connectivity index (χ2v) is 6.95. The van der Waals surface area contributed by atoms with Crippen LogP contribution >= 0.6 is 15.9 Å². The Kier molecular flexibility index (Phi) is 4.18. The van der Waals surface area contributed by atoms with E-state index in [0.717, 1.165) is 21.7 Å². The zero-order chi connectivity index (χ0) is 14.1. The van der Waals surface area contributed by atoms with Crippen molar-refractivity contribution in [3.05, 3.63) is 34.5 Å². The largest absolute Gasteiger partial charge is 0.458 e. The molecular weight excluding hydrogens is 314 g/mol. The number of fused-ring (bicyclic) bond motifs is 1. The molecule has 1 unspecified atom stereocenters. The van der Waals surface area contributed by atoms with Gasteiger partial charge in [-0.2, -0.15) is 0 Å². The monoisotopic (exact) mass is 335 g/mol. The van der Waals surface area contributed by atoms with Gasteiger partial charge in [-0.05, 0) is 59.8 Å². The molecule has 0 amide bonds. The molecular formula is C17H22BrNO. The highest BCUT2D eigenvalue weighted by atomic mass is 79.9. The van der Waals surface area contributed by atoms with Crippen LogP contribution in [0.5, 0.6) is 0 Å². The summed E-state index contributed by atoms with van der Waals surface area (Å²) in [6.45, 7) is 2.36. The zero-order valence-corrected chi connectivity index (χ0v) is 13.7. The molecule has 2 aromatic rings. The van der Waals surface area contributed by atoms with Crippen molar-refractivity contribution >= 4 is 26.9 Å². The van der Waals surface area contributed by atoms with E-state index in [4.69, 9.17) is 4.42 Å². The molecule has 0 saturated heterocycles. The SMILES string of the molecule is CNC(c1cc2cccc(Br)c2o1)C1CCC(C)CC1. The molecule has 2 nitrogen and oxygen atoms in total. The molecule has 1 heterocycles. The van der Waals surface area contributed by atoms with Crippen molar-refractivity contribution in [1.29, 1.82) is 0 Å². The smallest absolute Gasteiger partial charge is 0.148 e. The summed E-state index contributed by atoms with van der Waals surface area (Å²) in [6.07, 6.45) is 5.27. The van der Waals surface area contributed by atoms with Crippen molar-refractivity contribution in [3.8, 4) is 0 Å². The Morgan fingerprint density at radius 1 is 1.25 bits per heavy atom. The van der Waals surface area contributed by atoms with E-state index < -0.39 is 0 Å². The van der Waals surface area contributed by atoms with Crippen molar-refractivity contribution in [2.24, 2.45) is 11.8 Å². The van der Waals surface area contributed by atoms with E-state index in [1.165, 1.54) is 31.1 Å². The van der Waals surface area contributed by atoms with Gasteiger partial charge in [-0.3, -0.25) is 0 Å². The Balaban J connectivity index is 1.89. The minimum absolute atomic E-state index is 0.335. The van der Waals surface area contributed by atoms with Crippen LogP contribution in [-0.2, 0) is 0 Å². The number of halogens is 1.